The van der Waals surface area contributed by atoms with Gasteiger partial charge in [0, 0.05) is 32.0 Å². The Hall–Kier alpha value is -2.11. The number of allylic oxidation sites excluding steroid dienone is 2. The molecule has 0 spiro atoms. The summed E-state index contributed by atoms with van der Waals surface area (Å²) in [5.74, 6) is 0.927. The highest BCUT2D eigenvalue weighted by molar-refractivity contribution is 5.77. The number of hydrogen-bond donors (Lipinski definition) is 2. The molecule has 1 aliphatic rings. The van der Waals surface area contributed by atoms with Crippen LogP contribution in [-0.4, -0.2) is 33.9 Å². The second kappa shape index (κ2) is 7.64. The molecule has 1 atom stereocenters. The minimum Gasteiger partial charge on any atom is -0.383 e. The van der Waals surface area contributed by atoms with E-state index in [0.29, 0.717) is 25.2 Å². The van der Waals surface area contributed by atoms with Crippen LogP contribution in [0, 0.1) is 5.41 Å². The topological polar surface area (TPSA) is 92.1 Å². The van der Waals surface area contributed by atoms with Crippen molar-refractivity contribution in [2.24, 2.45) is 5.41 Å². The maximum Gasteiger partial charge on any atom is 0.252 e. The Kier molecular flexibility index (Phi) is 5.80. The van der Waals surface area contributed by atoms with E-state index >= 15 is 0 Å². The SMILES string of the molecule is CC(C)=CCC[C@@]1(C)CCC(=O)N(CCc2nc(N)cc(=O)[nH]2)C1. The molecule has 0 aliphatic carbocycles. The van der Waals surface area contributed by atoms with Crippen molar-refractivity contribution in [3.63, 3.8) is 0 Å². The van der Waals surface area contributed by atoms with E-state index in [9.17, 15) is 9.59 Å². The quantitative estimate of drug-likeness (QED) is 0.782. The highest BCUT2D eigenvalue weighted by atomic mass is 16.2. The summed E-state index contributed by atoms with van der Waals surface area (Å²) >= 11 is 0. The van der Waals surface area contributed by atoms with E-state index in [-0.39, 0.29) is 22.7 Å². The van der Waals surface area contributed by atoms with Crippen LogP contribution in [0.1, 0.15) is 52.3 Å². The normalized spacial score (nSPS) is 21.0. The molecule has 0 aromatic carbocycles. The van der Waals surface area contributed by atoms with Crippen LogP contribution in [0.25, 0.3) is 0 Å². The van der Waals surface area contributed by atoms with Crippen molar-refractivity contribution in [2.45, 2.75) is 52.9 Å². The van der Waals surface area contributed by atoms with Gasteiger partial charge in [0.05, 0.1) is 0 Å². The Bertz CT molecular complexity index is 676. The van der Waals surface area contributed by atoms with Crippen LogP contribution < -0.4 is 11.3 Å². The van der Waals surface area contributed by atoms with Gasteiger partial charge in [0.2, 0.25) is 5.91 Å². The fourth-order valence-electron chi connectivity index (χ4n) is 3.20. The first-order valence-corrected chi connectivity index (χ1v) is 8.54. The van der Waals surface area contributed by atoms with Gasteiger partial charge in [-0.3, -0.25) is 9.59 Å². The number of nitrogen functional groups attached to an aromatic ring is 1. The zero-order chi connectivity index (χ0) is 17.7. The third kappa shape index (κ3) is 5.22. The number of nitrogens with two attached hydrogens (primary N) is 1. The van der Waals surface area contributed by atoms with Gasteiger partial charge in [-0.1, -0.05) is 18.6 Å². The lowest BCUT2D eigenvalue weighted by Gasteiger charge is -2.40. The molecule has 1 saturated heterocycles. The van der Waals surface area contributed by atoms with Gasteiger partial charge >= 0.3 is 0 Å². The molecular formula is C18H28N4O2. The van der Waals surface area contributed by atoms with Crippen molar-refractivity contribution in [1.82, 2.24) is 14.9 Å². The zero-order valence-electron chi connectivity index (χ0n) is 14.9. The number of carbonyl (C=O) groups is 1. The number of aromatic nitrogens is 2. The maximum atomic E-state index is 12.2. The van der Waals surface area contributed by atoms with E-state index in [4.69, 9.17) is 5.73 Å². The van der Waals surface area contributed by atoms with Crippen molar-refractivity contribution >= 4 is 11.7 Å². The molecule has 0 saturated carbocycles. The van der Waals surface area contributed by atoms with Crippen LogP contribution in [0.15, 0.2) is 22.5 Å². The second-order valence-electron chi connectivity index (χ2n) is 7.31. The lowest BCUT2D eigenvalue weighted by atomic mass is 9.77. The minimum absolute atomic E-state index is 0.149. The summed E-state index contributed by atoms with van der Waals surface area (Å²) < 4.78 is 0. The van der Waals surface area contributed by atoms with Crippen molar-refractivity contribution in [3.8, 4) is 0 Å². The molecule has 2 heterocycles. The van der Waals surface area contributed by atoms with E-state index in [2.05, 4.69) is 36.8 Å². The molecule has 3 N–H and O–H groups in total. The predicted octanol–water partition coefficient (Wildman–Crippen LogP) is 2.27. The average Bonchev–Trinajstić information content (AvgIpc) is 2.47. The maximum absolute atomic E-state index is 12.2. The van der Waals surface area contributed by atoms with Gasteiger partial charge in [-0.25, -0.2) is 4.98 Å². The molecule has 0 bridgehead atoms. The number of anilines is 1. The molecule has 2 rings (SSSR count). The first kappa shape index (κ1) is 18.2. The minimum atomic E-state index is -0.256. The van der Waals surface area contributed by atoms with Gasteiger partial charge in [-0.05, 0) is 38.5 Å². The van der Waals surface area contributed by atoms with Gasteiger partial charge in [-0.15, -0.1) is 0 Å². The first-order chi connectivity index (χ1) is 11.3. The molecule has 1 amide bonds. The number of hydrogen-bond acceptors (Lipinski definition) is 4. The van der Waals surface area contributed by atoms with E-state index in [1.54, 1.807) is 0 Å². The fraction of sp³-hybridized carbons (Fsp3) is 0.611. The molecule has 24 heavy (non-hydrogen) atoms. The van der Waals surface area contributed by atoms with Crippen molar-refractivity contribution in [1.29, 1.82) is 0 Å². The monoisotopic (exact) mass is 332 g/mol. The molecule has 1 aromatic rings. The molecule has 6 heteroatoms. The Morgan fingerprint density at radius 2 is 2.21 bits per heavy atom. The van der Waals surface area contributed by atoms with Crippen LogP contribution in [0.3, 0.4) is 0 Å². The fourth-order valence-corrected chi connectivity index (χ4v) is 3.20. The van der Waals surface area contributed by atoms with Crippen LogP contribution in [0.2, 0.25) is 0 Å². The Balaban J connectivity index is 1.96. The Labute approximate surface area is 143 Å². The molecule has 0 radical (unpaired) electrons. The Morgan fingerprint density at radius 3 is 2.88 bits per heavy atom. The number of likely N-dealkylation sites (tertiary alicyclic amines) is 1. The predicted molar refractivity (Wildman–Crippen MR) is 95.6 cm³/mol. The second-order valence-corrected chi connectivity index (χ2v) is 7.31. The number of carbonyl (C=O) groups excluding carboxylic acids is 1. The van der Waals surface area contributed by atoms with E-state index < -0.39 is 0 Å². The first-order valence-electron chi connectivity index (χ1n) is 8.54. The average molecular weight is 332 g/mol. The number of piperidine rings is 1. The third-order valence-corrected chi connectivity index (χ3v) is 4.60. The van der Waals surface area contributed by atoms with Gasteiger partial charge in [0.1, 0.15) is 11.6 Å². The summed E-state index contributed by atoms with van der Waals surface area (Å²) in [4.78, 5) is 32.4. The van der Waals surface area contributed by atoms with Crippen molar-refractivity contribution in [2.75, 3.05) is 18.8 Å². The molecular weight excluding hydrogens is 304 g/mol. The van der Waals surface area contributed by atoms with E-state index in [1.165, 1.54) is 11.6 Å². The largest absolute Gasteiger partial charge is 0.383 e. The summed E-state index contributed by atoms with van der Waals surface area (Å²) in [6, 6.07) is 1.26. The summed E-state index contributed by atoms with van der Waals surface area (Å²) in [6.45, 7) is 7.79. The van der Waals surface area contributed by atoms with Crippen molar-refractivity contribution in [3.05, 3.63) is 33.9 Å². The lowest BCUT2D eigenvalue weighted by molar-refractivity contribution is -0.137. The highest BCUT2D eigenvalue weighted by Crippen LogP contribution is 2.34. The molecule has 1 fully saturated rings. The van der Waals surface area contributed by atoms with Gasteiger partial charge in [0.25, 0.3) is 5.56 Å². The number of amides is 1. The summed E-state index contributed by atoms with van der Waals surface area (Å²) in [6.07, 6.45) is 6.42. The van der Waals surface area contributed by atoms with Gasteiger partial charge < -0.3 is 15.6 Å². The summed E-state index contributed by atoms with van der Waals surface area (Å²) in [5.41, 5.74) is 6.83. The number of nitrogens with zero attached hydrogens (tertiary/aromatic N) is 2. The smallest absolute Gasteiger partial charge is 0.252 e. The molecule has 1 aromatic heterocycles. The van der Waals surface area contributed by atoms with Crippen LogP contribution in [0.4, 0.5) is 5.82 Å². The molecule has 0 unspecified atom stereocenters. The van der Waals surface area contributed by atoms with Crippen LogP contribution in [0.5, 0.6) is 0 Å². The van der Waals surface area contributed by atoms with E-state index in [0.717, 1.165) is 25.8 Å². The number of rotatable bonds is 6. The van der Waals surface area contributed by atoms with Crippen molar-refractivity contribution < 1.29 is 4.79 Å². The molecule has 1 aliphatic heterocycles. The number of aromatic amines is 1. The Morgan fingerprint density at radius 1 is 1.46 bits per heavy atom. The standard InChI is InChI=1S/C18H28N4O2/c1-13(2)5-4-8-18(3)9-6-17(24)22(12-18)10-7-15-20-14(19)11-16(23)21-15/h5,11H,4,6-10,12H2,1-3H3,(H3,19,20,21,23)/t18-/m0/s1. The van der Waals surface area contributed by atoms with E-state index in [1.807, 2.05) is 4.90 Å². The van der Waals surface area contributed by atoms with Crippen LogP contribution in [-0.2, 0) is 11.2 Å². The highest BCUT2D eigenvalue weighted by Gasteiger charge is 2.34. The van der Waals surface area contributed by atoms with Gasteiger partial charge in [0.15, 0.2) is 0 Å². The third-order valence-electron chi connectivity index (χ3n) is 4.60. The lowest BCUT2D eigenvalue weighted by Crippen LogP contribution is -2.46. The molecule has 132 valence electrons. The summed E-state index contributed by atoms with van der Waals surface area (Å²) in [7, 11) is 0. The molecule has 6 nitrogen and oxygen atoms in total. The number of H-pyrrole nitrogens is 1. The van der Waals surface area contributed by atoms with Crippen LogP contribution >= 0.6 is 0 Å². The summed E-state index contributed by atoms with van der Waals surface area (Å²) in [5, 5.41) is 0. The van der Waals surface area contributed by atoms with Gasteiger partial charge in [-0.2, -0.15) is 0 Å². The zero-order valence-corrected chi connectivity index (χ0v) is 14.9. The number of nitrogens with one attached hydrogen (secondary N) is 1.